The Morgan fingerprint density at radius 3 is 2.52 bits per heavy atom. The Kier molecular flexibility index (Phi) is 5.37. The van der Waals surface area contributed by atoms with Crippen molar-refractivity contribution in [2.45, 2.75) is 6.61 Å². The van der Waals surface area contributed by atoms with Crippen LogP contribution in [0.1, 0.15) is 11.1 Å². The third-order valence-electron chi connectivity index (χ3n) is 2.73. The van der Waals surface area contributed by atoms with Gasteiger partial charge in [-0.1, -0.05) is 35.9 Å². The molecule has 108 valence electrons. The van der Waals surface area contributed by atoms with Crippen LogP contribution in [-0.4, -0.2) is 5.24 Å². The van der Waals surface area contributed by atoms with Crippen LogP contribution in [0.2, 0.25) is 5.02 Å². The highest BCUT2D eigenvalue weighted by atomic mass is 35.5. The molecule has 0 saturated carbocycles. The number of carbonyl (C=O) groups is 1. The zero-order chi connectivity index (χ0) is 15.2. The lowest BCUT2D eigenvalue weighted by atomic mass is 10.2. The molecule has 0 unspecified atom stereocenters. The molecule has 5 heteroatoms. The van der Waals surface area contributed by atoms with Gasteiger partial charge in [-0.15, -0.1) is 0 Å². The van der Waals surface area contributed by atoms with Crippen LogP contribution in [0, 0.1) is 5.82 Å². The van der Waals surface area contributed by atoms with Gasteiger partial charge in [0.1, 0.15) is 18.2 Å². The summed E-state index contributed by atoms with van der Waals surface area (Å²) in [5.41, 5.74) is 1.12. The topological polar surface area (TPSA) is 26.3 Å². The maximum absolute atomic E-state index is 13.6. The molecule has 0 N–H and O–H groups in total. The van der Waals surface area contributed by atoms with E-state index in [0.717, 1.165) is 5.56 Å². The van der Waals surface area contributed by atoms with Crippen LogP contribution < -0.4 is 4.74 Å². The van der Waals surface area contributed by atoms with Gasteiger partial charge in [-0.2, -0.15) is 0 Å². The molecule has 0 saturated heterocycles. The smallest absolute Gasteiger partial charge is 0.245 e. The molecule has 0 amide bonds. The summed E-state index contributed by atoms with van der Waals surface area (Å²) in [7, 11) is 0. The Morgan fingerprint density at radius 2 is 1.90 bits per heavy atom. The highest BCUT2D eigenvalue weighted by Crippen LogP contribution is 2.21. The number of allylic oxidation sites excluding steroid dienone is 1. The first kappa shape index (κ1) is 15.5. The maximum atomic E-state index is 13.6. The lowest BCUT2D eigenvalue weighted by Crippen LogP contribution is -1.99. The van der Waals surface area contributed by atoms with Gasteiger partial charge in [0.25, 0.3) is 0 Å². The second-order valence-electron chi connectivity index (χ2n) is 4.20. The lowest BCUT2D eigenvalue weighted by molar-refractivity contribution is -0.107. The van der Waals surface area contributed by atoms with Crippen molar-refractivity contribution in [1.29, 1.82) is 0 Å². The van der Waals surface area contributed by atoms with Crippen LogP contribution in [0.4, 0.5) is 4.39 Å². The summed E-state index contributed by atoms with van der Waals surface area (Å²) in [6.07, 6.45) is 2.85. The summed E-state index contributed by atoms with van der Waals surface area (Å²) in [4.78, 5) is 10.6. The predicted octanol–water partition coefficient (Wildman–Crippen LogP) is 4.84. The van der Waals surface area contributed by atoms with Gasteiger partial charge >= 0.3 is 0 Å². The Balaban J connectivity index is 2.02. The van der Waals surface area contributed by atoms with Crippen LogP contribution in [0.5, 0.6) is 5.75 Å². The van der Waals surface area contributed by atoms with Crippen molar-refractivity contribution in [1.82, 2.24) is 0 Å². The third-order valence-corrected chi connectivity index (χ3v) is 3.21. The van der Waals surface area contributed by atoms with E-state index in [1.54, 1.807) is 42.5 Å². The van der Waals surface area contributed by atoms with Gasteiger partial charge in [0.05, 0.1) is 5.02 Å². The minimum atomic E-state index is -0.537. The normalized spacial score (nSPS) is 10.8. The molecular formula is C16H11Cl2FO2. The molecule has 0 aromatic heterocycles. The largest absolute Gasteiger partial charge is 0.489 e. The molecular weight excluding hydrogens is 314 g/mol. The Bertz CT molecular complexity index is 646. The van der Waals surface area contributed by atoms with E-state index in [1.165, 1.54) is 12.1 Å². The quantitative estimate of drug-likeness (QED) is 0.581. The van der Waals surface area contributed by atoms with E-state index in [0.29, 0.717) is 16.3 Å². The Morgan fingerprint density at radius 1 is 1.19 bits per heavy atom. The van der Waals surface area contributed by atoms with Gasteiger partial charge < -0.3 is 4.74 Å². The molecule has 0 aliphatic carbocycles. The molecule has 2 aromatic carbocycles. The number of rotatable bonds is 5. The SMILES string of the molecule is O=C(Cl)/C=C/c1ccc(OCc2c(F)cccc2Cl)cc1. The van der Waals surface area contributed by atoms with Gasteiger partial charge in [-0.05, 0) is 47.5 Å². The van der Waals surface area contributed by atoms with E-state index < -0.39 is 11.1 Å². The first-order valence-electron chi connectivity index (χ1n) is 6.09. The highest BCUT2D eigenvalue weighted by Gasteiger charge is 2.07. The Labute approximate surface area is 131 Å². The minimum Gasteiger partial charge on any atom is -0.489 e. The summed E-state index contributed by atoms with van der Waals surface area (Å²) in [6, 6.07) is 11.4. The molecule has 0 heterocycles. The number of carbonyl (C=O) groups excluding carboxylic acids is 1. The van der Waals surface area contributed by atoms with Crippen molar-refractivity contribution in [3.8, 4) is 5.75 Å². The van der Waals surface area contributed by atoms with Crippen molar-refractivity contribution in [3.63, 3.8) is 0 Å². The fourth-order valence-electron chi connectivity index (χ4n) is 1.66. The summed E-state index contributed by atoms with van der Waals surface area (Å²) in [5, 5.41) is -0.209. The monoisotopic (exact) mass is 324 g/mol. The number of hydrogen-bond donors (Lipinski definition) is 0. The molecule has 0 bridgehead atoms. The number of ether oxygens (including phenoxy) is 1. The van der Waals surface area contributed by atoms with Gasteiger partial charge in [-0.25, -0.2) is 4.39 Å². The number of benzene rings is 2. The zero-order valence-electron chi connectivity index (χ0n) is 10.9. The van der Waals surface area contributed by atoms with Crippen LogP contribution in [-0.2, 0) is 11.4 Å². The van der Waals surface area contributed by atoms with E-state index in [2.05, 4.69) is 0 Å². The highest BCUT2D eigenvalue weighted by molar-refractivity contribution is 6.66. The average Bonchev–Trinajstić information content (AvgIpc) is 2.46. The second kappa shape index (κ2) is 7.25. The zero-order valence-corrected chi connectivity index (χ0v) is 12.4. The fourth-order valence-corrected chi connectivity index (χ4v) is 1.94. The van der Waals surface area contributed by atoms with Gasteiger partial charge in [-0.3, -0.25) is 4.79 Å². The van der Waals surface area contributed by atoms with Crippen molar-refractivity contribution >= 4 is 34.5 Å². The molecule has 21 heavy (non-hydrogen) atoms. The summed E-state index contributed by atoms with van der Waals surface area (Å²) >= 11 is 11.1. The van der Waals surface area contributed by atoms with E-state index in [1.807, 2.05) is 0 Å². The van der Waals surface area contributed by atoms with Crippen molar-refractivity contribution < 1.29 is 13.9 Å². The first-order valence-corrected chi connectivity index (χ1v) is 6.85. The Hall–Kier alpha value is -1.84. The lowest BCUT2D eigenvalue weighted by Gasteiger charge is -2.08. The van der Waals surface area contributed by atoms with E-state index >= 15 is 0 Å². The van der Waals surface area contributed by atoms with Crippen LogP contribution in [0.15, 0.2) is 48.5 Å². The molecule has 0 aliphatic heterocycles. The van der Waals surface area contributed by atoms with Gasteiger partial charge in [0, 0.05) is 5.56 Å². The van der Waals surface area contributed by atoms with Crippen molar-refractivity contribution in [3.05, 3.63) is 70.5 Å². The van der Waals surface area contributed by atoms with Crippen molar-refractivity contribution in [2.24, 2.45) is 0 Å². The summed E-state index contributed by atoms with van der Waals surface area (Å²) < 4.78 is 19.1. The number of hydrogen-bond acceptors (Lipinski definition) is 2. The average molecular weight is 325 g/mol. The second-order valence-corrected chi connectivity index (χ2v) is 4.98. The molecule has 2 aromatic rings. The number of halogens is 3. The standard InChI is InChI=1S/C16H11Cl2FO2/c17-14-2-1-3-15(19)13(14)10-21-12-7-4-11(5-8-12)6-9-16(18)20/h1-9H,10H2/b9-6+. The maximum Gasteiger partial charge on any atom is 0.245 e. The third kappa shape index (κ3) is 4.59. The van der Waals surface area contributed by atoms with Gasteiger partial charge in [0.15, 0.2) is 0 Å². The molecule has 0 spiro atoms. The first-order chi connectivity index (χ1) is 10.1. The summed E-state index contributed by atoms with van der Waals surface area (Å²) in [6.45, 7) is 0.0425. The van der Waals surface area contributed by atoms with Gasteiger partial charge in [0.2, 0.25) is 5.24 Å². The van der Waals surface area contributed by atoms with E-state index in [-0.39, 0.29) is 6.61 Å². The molecule has 2 rings (SSSR count). The molecule has 0 atom stereocenters. The van der Waals surface area contributed by atoms with Crippen LogP contribution in [0.3, 0.4) is 0 Å². The van der Waals surface area contributed by atoms with Crippen molar-refractivity contribution in [2.75, 3.05) is 0 Å². The van der Waals surface area contributed by atoms with E-state index in [9.17, 15) is 9.18 Å². The summed E-state index contributed by atoms with van der Waals surface area (Å²) in [5.74, 6) is 0.173. The molecule has 2 nitrogen and oxygen atoms in total. The molecule has 0 radical (unpaired) electrons. The molecule has 0 fully saturated rings. The molecule has 0 aliphatic rings. The minimum absolute atomic E-state index is 0.0425. The van der Waals surface area contributed by atoms with Crippen LogP contribution >= 0.6 is 23.2 Å². The predicted molar refractivity (Wildman–Crippen MR) is 82.1 cm³/mol. The van der Waals surface area contributed by atoms with Crippen LogP contribution in [0.25, 0.3) is 6.08 Å². The fraction of sp³-hybridized carbons (Fsp3) is 0.0625. The van der Waals surface area contributed by atoms with E-state index in [4.69, 9.17) is 27.9 Å².